The standard InChI is InChI=1S/C10H14BrN3O3S/c1-3-17-10(16)7(5-18)13-9(15)8-6(11)4-12-14(8)2/h4,7,18H,3,5H2,1-2H3,(H,13,15)/t7-/m0/s1. The Kier molecular flexibility index (Phi) is 5.67. The number of halogens is 1. The van der Waals surface area contributed by atoms with Crippen LogP contribution < -0.4 is 5.32 Å². The minimum atomic E-state index is -0.775. The highest BCUT2D eigenvalue weighted by atomic mass is 79.9. The number of nitrogens with one attached hydrogen (secondary N) is 1. The molecular weight excluding hydrogens is 322 g/mol. The van der Waals surface area contributed by atoms with Crippen molar-refractivity contribution in [1.29, 1.82) is 0 Å². The summed E-state index contributed by atoms with van der Waals surface area (Å²) in [5.74, 6) is -0.742. The van der Waals surface area contributed by atoms with Crippen molar-refractivity contribution in [3.05, 3.63) is 16.4 Å². The molecule has 0 unspecified atom stereocenters. The highest BCUT2D eigenvalue weighted by Crippen LogP contribution is 2.14. The summed E-state index contributed by atoms with van der Waals surface area (Å²) in [6.07, 6.45) is 1.51. The molecular formula is C10H14BrN3O3S. The van der Waals surface area contributed by atoms with Gasteiger partial charge in [0.25, 0.3) is 5.91 Å². The topological polar surface area (TPSA) is 73.2 Å². The van der Waals surface area contributed by atoms with E-state index in [1.807, 2.05) is 0 Å². The number of thiol groups is 1. The van der Waals surface area contributed by atoms with Gasteiger partial charge in [0.05, 0.1) is 17.3 Å². The zero-order valence-corrected chi connectivity index (χ0v) is 12.5. The molecule has 18 heavy (non-hydrogen) atoms. The number of ether oxygens (including phenoxy) is 1. The summed E-state index contributed by atoms with van der Waals surface area (Å²) in [4.78, 5) is 23.5. The monoisotopic (exact) mass is 335 g/mol. The van der Waals surface area contributed by atoms with E-state index in [2.05, 4.69) is 39.0 Å². The van der Waals surface area contributed by atoms with Crippen LogP contribution in [0.5, 0.6) is 0 Å². The number of hydrogen-bond donors (Lipinski definition) is 2. The van der Waals surface area contributed by atoms with Gasteiger partial charge in [-0.2, -0.15) is 17.7 Å². The molecule has 0 spiro atoms. The van der Waals surface area contributed by atoms with Crippen LogP contribution in [0.2, 0.25) is 0 Å². The van der Waals surface area contributed by atoms with Crippen LogP contribution in [-0.4, -0.2) is 40.1 Å². The van der Waals surface area contributed by atoms with E-state index in [4.69, 9.17) is 4.74 Å². The summed E-state index contributed by atoms with van der Waals surface area (Å²) >= 11 is 7.24. The molecule has 1 N–H and O–H groups in total. The lowest BCUT2D eigenvalue weighted by molar-refractivity contribution is -0.144. The molecule has 0 aliphatic rings. The third-order valence-electron chi connectivity index (χ3n) is 2.17. The second-order valence-electron chi connectivity index (χ2n) is 3.43. The van der Waals surface area contributed by atoms with Gasteiger partial charge in [-0.1, -0.05) is 0 Å². The van der Waals surface area contributed by atoms with Crippen LogP contribution in [0.25, 0.3) is 0 Å². The van der Waals surface area contributed by atoms with Crippen LogP contribution in [0.4, 0.5) is 0 Å². The van der Waals surface area contributed by atoms with E-state index in [1.54, 1.807) is 14.0 Å². The van der Waals surface area contributed by atoms with Crippen molar-refractivity contribution < 1.29 is 14.3 Å². The third-order valence-corrected chi connectivity index (χ3v) is 3.11. The van der Waals surface area contributed by atoms with Gasteiger partial charge in [0.15, 0.2) is 0 Å². The summed E-state index contributed by atoms with van der Waals surface area (Å²) < 4.78 is 6.81. The Hall–Kier alpha value is -1.02. The fourth-order valence-corrected chi connectivity index (χ4v) is 2.08. The summed E-state index contributed by atoms with van der Waals surface area (Å²) in [5.41, 5.74) is 0.339. The summed E-state index contributed by atoms with van der Waals surface area (Å²) in [5, 5.41) is 6.48. The summed E-state index contributed by atoms with van der Waals surface area (Å²) in [7, 11) is 1.64. The van der Waals surface area contributed by atoms with Crippen molar-refractivity contribution in [1.82, 2.24) is 15.1 Å². The van der Waals surface area contributed by atoms with Gasteiger partial charge in [-0.15, -0.1) is 0 Å². The predicted molar refractivity (Wildman–Crippen MR) is 72.6 cm³/mol. The maximum Gasteiger partial charge on any atom is 0.329 e. The third kappa shape index (κ3) is 3.49. The van der Waals surface area contributed by atoms with Crippen molar-refractivity contribution in [2.45, 2.75) is 13.0 Å². The predicted octanol–water partition coefficient (Wildman–Crippen LogP) is 0.774. The van der Waals surface area contributed by atoms with Crippen LogP contribution in [-0.2, 0) is 16.6 Å². The van der Waals surface area contributed by atoms with Crippen LogP contribution in [0.15, 0.2) is 10.7 Å². The molecule has 6 nitrogen and oxygen atoms in total. The lowest BCUT2D eigenvalue weighted by Gasteiger charge is -2.15. The molecule has 0 radical (unpaired) electrons. The molecule has 8 heteroatoms. The summed E-state index contributed by atoms with van der Waals surface area (Å²) in [6.45, 7) is 1.96. The van der Waals surface area contributed by atoms with E-state index >= 15 is 0 Å². The van der Waals surface area contributed by atoms with Gasteiger partial charge in [0, 0.05) is 12.8 Å². The number of aryl methyl sites for hydroxylation is 1. The fourth-order valence-electron chi connectivity index (χ4n) is 1.31. The van der Waals surface area contributed by atoms with Crippen molar-refractivity contribution in [3.8, 4) is 0 Å². The van der Waals surface area contributed by atoms with Gasteiger partial charge in [0.1, 0.15) is 11.7 Å². The van der Waals surface area contributed by atoms with Crippen LogP contribution in [0.3, 0.4) is 0 Å². The molecule has 0 aromatic carbocycles. The zero-order chi connectivity index (χ0) is 13.7. The largest absolute Gasteiger partial charge is 0.464 e. The van der Waals surface area contributed by atoms with E-state index in [9.17, 15) is 9.59 Å². The average Bonchev–Trinajstić information content (AvgIpc) is 2.66. The molecule has 100 valence electrons. The number of rotatable bonds is 5. The second kappa shape index (κ2) is 6.79. The van der Waals surface area contributed by atoms with Crippen molar-refractivity contribution in [2.24, 2.45) is 7.05 Å². The van der Waals surface area contributed by atoms with Crippen LogP contribution in [0.1, 0.15) is 17.4 Å². The molecule has 0 aliphatic heterocycles. The number of carbonyl (C=O) groups is 2. The van der Waals surface area contributed by atoms with Crippen molar-refractivity contribution in [2.75, 3.05) is 12.4 Å². The van der Waals surface area contributed by atoms with Gasteiger partial charge in [-0.05, 0) is 22.9 Å². The van der Waals surface area contributed by atoms with Crippen molar-refractivity contribution in [3.63, 3.8) is 0 Å². The molecule has 0 aliphatic carbocycles. The van der Waals surface area contributed by atoms with Gasteiger partial charge >= 0.3 is 5.97 Å². The first-order valence-electron chi connectivity index (χ1n) is 5.27. The number of esters is 1. The number of hydrogen-bond acceptors (Lipinski definition) is 5. The molecule has 1 amide bonds. The number of nitrogens with zero attached hydrogens (tertiary/aromatic N) is 2. The number of aromatic nitrogens is 2. The van der Waals surface area contributed by atoms with Gasteiger partial charge in [0.2, 0.25) is 0 Å². The molecule has 0 saturated heterocycles. The van der Waals surface area contributed by atoms with E-state index in [1.165, 1.54) is 10.9 Å². The Bertz CT molecular complexity index is 430. The first-order chi connectivity index (χ1) is 8.51. The Morgan fingerprint density at radius 3 is 2.78 bits per heavy atom. The first kappa shape index (κ1) is 15.0. The maximum atomic E-state index is 12.0. The molecule has 1 aromatic heterocycles. The van der Waals surface area contributed by atoms with Gasteiger partial charge < -0.3 is 10.1 Å². The van der Waals surface area contributed by atoms with Crippen LogP contribution in [0, 0.1) is 0 Å². The molecule has 1 rings (SSSR count). The zero-order valence-electron chi connectivity index (χ0n) is 10.0. The molecule has 1 heterocycles. The molecule has 0 fully saturated rings. The Labute approximate surface area is 119 Å². The highest BCUT2D eigenvalue weighted by molar-refractivity contribution is 9.10. The minimum absolute atomic E-state index is 0.167. The molecule has 0 saturated carbocycles. The van der Waals surface area contributed by atoms with Gasteiger partial charge in [-0.3, -0.25) is 9.48 Å². The van der Waals surface area contributed by atoms with E-state index in [0.717, 1.165) is 0 Å². The fraction of sp³-hybridized carbons (Fsp3) is 0.500. The van der Waals surface area contributed by atoms with Crippen molar-refractivity contribution >= 4 is 40.4 Å². The lowest BCUT2D eigenvalue weighted by atomic mass is 10.3. The maximum absolute atomic E-state index is 12.0. The minimum Gasteiger partial charge on any atom is -0.464 e. The molecule has 0 bridgehead atoms. The lowest BCUT2D eigenvalue weighted by Crippen LogP contribution is -2.43. The van der Waals surface area contributed by atoms with Crippen LogP contribution >= 0.6 is 28.6 Å². The number of carbonyl (C=O) groups excluding carboxylic acids is 2. The quantitative estimate of drug-likeness (QED) is 0.616. The Morgan fingerprint density at radius 1 is 1.67 bits per heavy atom. The Morgan fingerprint density at radius 2 is 2.33 bits per heavy atom. The molecule has 1 aromatic rings. The number of amides is 1. The second-order valence-corrected chi connectivity index (χ2v) is 4.64. The highest BCUT2D eigenvalue weighted by Gasteiger charge is 2.23. The normalized spacial score (nSPS) is 12.0. The van der Waals surface area contributed by atoms with E-state index < -0.39 is 17.9 Å². The molecule has 1 atom stereocenters. The van der Waals surface area contributed by atoms with Gasteiger partial charge in [-0.25, -0.2) is 4.79 Å². The summed E-state index contributed by atoms with van der Waals surface area (Å²) in [6, 6.07) is -0.775. The Balaban J connectivity index is 2.77. The average molecular weight is 336 g/mol. The smallest absolute Gasteiger partial charge is 0.329 e. The SMILES string of the molecule is CCOC(=O)[C@H](CS)NC(=O)c1c(Br)cnn1C. The van der Waals surface area contributed by atoms with E-state index in [-0.39, 0.29) is 12.4 Å². The van der Waals surface area contributed by atoms with E-state index in [0.29, 0.717) is 10.2 Å². The first-order valence-corrected chi connectivity index (χ1v) is 6.69.